The van der Waals surface area contributed by atoms with E-state index in [4.69, 9.17) is 10.00 Å². The molecule has 0 unspecified atom stereocenters. The van der Waals surface area contributed by atoms with Gasteiger partial charge in [0, 0.05) is 6.20 Å². The summed E-state index contributed by atoms with van der Waals surface area (Å²) in [6, 6.07) is 5.86. The Morgan fingerprint density at radius 1 is 1.58 bits per heavy atom. The molecule has 6 heteroatoms. The van der Waals surface area contributed by atoms with E-state index in [1.54, 1.807) is 6.92 Å². The minimum absolute atomic E-state index is 0.162. The van der Waals surface area contributed by atoms with Crippen molar-refractivity contribution in [1.82, 2.24) is 9.78 Å². The van der Waals surface area contributed by atoms with Crippen LogP contribution in [-0.4, -0.2) is 22.4 Å². The molecule has 1 aromatic heterocycles. The number of carbonyl (C=O) groups is 1. The quantitative estimate of drug-likeness (QED) is 0.791. The molecule has 2 aromatic rings. The smallest absolute Gasteiger partial charge is 0.341 e. The number of halogens is 1. The molecule has 0 atom stereocenters. The lowest BCUT2D eigenvalue weighted by molar-refractivity contribution is 0.0526. The van der Waals surface area contributed by atoms with E-state index in [0.717, 1.165) is 6.07 Å². The molecule has 0 fully saturated rings. The Labute approximate surface area is 108 Å². The Bertz CT molecular complexity index is 658. The summed E-state index contributed by atoms with van der Waals surface area (Å²) in [4.78, 5) is 11.5. The van der Waals surface area contributed by atoms with E-state index in [2.05, 4.69) is 5.10 Å². The Morgan fingerprint density at radius 2 is 2.37 bits per heavy atom. The van der Waals surface area contributed by atoms with Gasteiger partial charge in [-0.25, -0.2) is 13.9 Å². The number of nitriles is 1. The first-order valence-electron chi connectivity index (χ1n) is 5.57. The zero-order valence-corrected chi connectivity index (χ0v) is 10.1. The van der Waals surface area contributed by atoms with Crippen molar-refractivity contribution in [3.05, 3.63) is 47.5 Å². The lowest BCUT2D eigenvalue weighted by atomic mass is 10.2. The highest BCUT2D eigenvalue weighted by Crippen LogP contribution is 2.15. The first kappa shape index (κ1) is 12.8. The molecule has 5 nitrogen and oxygen atoms in total. The molecule has 0 spiro atoms. The van der Waals surface area contributed by atoms with Crippen molar-refractivity contribution < 1.29 is 13.9 Å². The van der Waals surface area contributed by atoms with Crippen LogP contribution in [0.5, 0.6) is 0 Å². The van der Waals surface area contributed by atoms with Crippen LogP contribution >= 0.6 is 0 Å². The van der Waals surface area contributed by atoms with Crippen LogP contribution in [0.15, 0.2) is 30.6 Å². The monoisotopic (exact) mass is 259 g/mol. The molecule has 0 aliphatic rings. The summed E-state index contributed by atoms with van der Waals surface area (Å²) in [5, 5.41) is 12.6. The molecule has 0 saturated heterocycles. The zero-order valence-electron chi connectivity index (χ0n) is 10.1. The standard InChI is InChI=1S/C13H10FN3O2/c1-2-19-13(18)10-7-16-17(8-10)12-4-3-9(6-15)5-11(12)14/h3-5,7-8H,2H2,1H3. The molecule has 0 aliphatic heterocycles. The van der Waals surface area contributed by atoms with Crippen LogP contribution in [0.1, 0.15) is 22.8 Å². The van der Waals surface area contributed by atoms with Gasteiger partial charge < -0.3 is 4.74 Å². The highest BCUT2D eigenvalue weighted by Gasteiger charge is 2.12. The predicted molar refractivity (Wildman–Crippen MR) is 64.2 cm³/mol. The van der Waals surface area contributed by atoms with E-state index in [9.17, 15) is 9.18 Å². The summed E-state index contributed by atoms with van der Waals surface area (Å²) in [6.07, 6.45) is 2.68. The van der Waals surface area contributed by atoms with Gasteiger partial charge in [-0.05, 0) is 25.1 Å². The molecular formula is C13H10FN3O2. The molecule has 0 amide bonds. The average Bonchev–Trinajstić information content (AvgIpc) is 2.88. The van der Waals surface area contributed by atoms with Gasteiger partial charge in [-0.2, -0.15) is 10.4 Å². The number of hydrogen-bond donors (Lipinski definition) is 0. The second-order valence-corrected chi connectivity index (χ2v) is 3.67. The molecule has 1 aromatic carbocycles. The number of ether oxygens (including phenoxy) is 1. The lowest BCUT2D eigenvalue weighted by Gasteiger charge is -2.02. The largest absolute Gasteiger partial charge is 0.462 e. The van der Waals surface area contributed by atoms with Crippen molar-refractivity contribution >= 4 is 5.97 Å². The van der Waals surface area contributed by atoms with Crippen LogP contribution in [0.2, 0.25) is 0 Å². The summed E-state index contributed by atoms with van der Waals surface area (Å²) in [5.74, 6) is -1.10. The third kappa shape index (κ3) is 2.60. The van der Waals surface area contributed by atoms with E-state index >= 15 is 0 Å². The normalized spacial score (nSPS) is 9.95. The fourth-order valence-electron chi connectivity index (χ4n) is 1.54. The fraction of sp³-hybridized carbons (Fsp3) is 0.154. The third-order valence-electron chi connectivity index (χ3n) is 2.42. The molecule has 0 bridgehead atoms. The van der Waals surface area contributed by atoms with Gasteiger partial charge in [0.05, 0.1) is 30.0 Å². The highest BCUT2D eigenvalue weighted by molar-refractivity contribution is 5.88. The minimum atomic E-state index is -0.586. The summed E-state index contributed by atoms with van der Waals surface area (Å²) in [7, 11) is 0. The Balaban J connectivity index is 2.33. The van der Waals surface area contributed by atoms with Crippen molar-refractivity contribution in [2.45, 2.75) is 6.92 Å². The third-order valence-corrected chi connectivity index (χ3v) is 2.42. The van der Waals surface area contributed by atoms with Crippen LogP contribution in [0.25, 0.3) is 5.69 Å². The number of rotatable bonds is 3. The first-order valence-corrected chi connectivity index (χ1v) is 5.57. The van der Waals surface area contributed by atoms with Gasteiger partial charge in [-0.1, -0.05) is 0 Å². The summed E-state index contributed by atoms with van der Waals surface area (Å²) >= 11 is 0. The summed E-state index contributed by atoms with van der Waals surface area (Å²) < 4.78 is 19.8. The average molecular weight is 259 g/mol. The lowest BCUT2D eigenvalue weighted by Crippen LogP contribution is -2.03. The van der Waals surface area contributed by atoms with Crippen LogP contribution < -0.4 is 0 Å². The molecular weight excluding hydrogens is 249 g/mol. The van der Waals surface area contributed by atoms with Gasteiger partial charge in [-0.15, -0.1) is 0 Å². The summed E-state index contributed by atoms with van der Waals surface area (Å²) in [6.45, 7) is 1.96. The van der Waals surface area contributed by atoms with E-state index in [1.807, 2.05) is 6.07 Å². The SMILES string of the molecule is CCOC(=O)c1cnn(-c2ccc(C#N)cc2F)c1. The molecule has 0 radical (unpaired) electrons. The zero-order chi connectivity index (χ0) is 13.8. The van der Waals surface area contributed by atoms with Gasteiger partial charge in [0.15, 0.2) is 0 Å². The highest BCUT2D eigenvalue weighted by atomic mass is 19.1. The van der Waals surface area contributed by atoms with Crippen LogP contribution in [0.4, 0.5) is 4.39 Å². The number of benzene rings is 1. The predicted octanol–water partition coefficient (Wildman–Crippen LogP) is 2.06. The number of carbonyl (C=O) groups excluding carboxylic acids is 1. The number of aromatic nitrogens is 2. The van der Waals surface area contributed by atoms with Crippen LogP contribution in [0.3, 0.4) is 0 Å². The molecule has 0 saturated carbocycles. The maximum Gasteiger partial charge on any atom is 0.341 e. The second-order valence-electron chi connectivity index (χ2n) is 3.67. The van der Waals surface area contributed by atoms with E-state index in [-0.39, 0.29) is 23.4 Å². The van der Waals surface area contributed by atoms with Gasteiger partial charge >= 0.3 is 5.97 Å². The summed E-state index contributed by atoms with van der Waals surface area (Å²) in [5.41, 5.74) is 0.624. The maximum absolute atomic E-state index is 13.8. The Morgan fingerprint density at radius 3 is 3.00 bits per heavy atom. The van der Waals surface area contributed by atoms with Crippen molar-refractivity contribution in [3.8, 4) is 11.8 Å². The molecule has 1 heterocycles. The fourth-order valence-corrected chi connectivity index (χ4v) is 1.54. The number of nitrogens with zero attached hydrogens (tertiary/aromatic N) is 3. The van der Waals surface area contributed by atoms with Gasteiger partial charge in [0.1, 0.15) is 11.5 Å². The van der Waals surface area contributed by atoms with Gasteiger partial charge in [0.2, 0.25) is 0 Å². The van der Waals surface area contributed by atoms with E-state index in [0.29, 0.717) is 0 Å². The minimum Gasteiger partial charge on any atom is -0.462 e. The van der Waals surface area contributed by atoms with Gasteiger partial charge in [0.25, 0.3) is 0 Å². The molecule has 0 N–H and O–H groups in total. The van der Waals surface area contributed by atoms with Crippen molar-refractivity contribution in [1.29, 1.82) is 5.26 Å². The number of hydrogen-bond acceptors (Lipinski definition) is 4. The van der Waals surface area contributed by atoms with Crippen LogP contribution in [0, 0.1) is 17.1 Å². The molecule has 0 aliphatic carbocycles. The first-order chi connectivity index (χ1) is 9.15. The Kier molecular flexibility index (Phi) is 3.57. The van der Waals surface area contributed by atoms with Gasteiger partial charge in [-0.3, -0.25) is 0 Å². The Hall–Kier alpha value is -2.68. The maximum atomic E-state index is 13.8. The molecule has 2 rings (SSSR count). The van der Waals surface area contributed by atoms with Crippen molar-refractivity contribution in [2.24, 2.45) is 0 Å². The van der Waals surface area contributed by atoms with E-state index < -0.39 is 11.8 Å². The molecule has 96 valence electrons. The van der Waals surface area contributed by atoms with Crippen molar-refractivity contribution in [2.75, 3.05) is 6.61 Å². The van der Waals surface area contributed by atoms with Crippen molar-refractivity contribution in [3.63, 3.8) is 0 Å². The van der Waals surface area contributed by atoms with E-state index in [1.165, 1.54) is 29.2 Å². The van der Waals surface area contributed by atoms with Crippen LogP contribution in [-0.2, 0) is 4.74 Å². The second kappa shape index (κ2) is 5.31. The molecule has 19 heavy (non-hydrogen) atoms. The number of esters is 1. The topological polar surface area (TPSA) is 67.9 Å².